The fourth-order valence-electron chi connectivity index (χ4n) is 5.57. The van der Waals surface area contributed by atoms with Gasteiger partial charge in [-0.15, -0.1) is 11.3 Å². The number of nitrogens with one attached hydrogen (secondary N) is 2. The van der Waals surface area contributed by atoms with Gasteiger partial charge in [0.05, 0.1) is 25.6 Å². The van der Waals surface area contributed by atoms with E-state index in [1.807, 2.05) is 44.7 Å². The molecule has 12 heteroatoms. The standard InChI is InChI=1S/C31H29ClFN7O2S/c1-17-36-22-10-9-18(25(32)26(22)43-17)19-16-35-27-24(19)23(15-34)37-28(38-27)40-13-11-31(12-14-40,20-7-5-6-8-21(20)33)42-29(41)39-30(2,3)4/h5-10,16H,11-14H2,1-4H3,(H,39,41)(H,35,37,38). The molecule has 1 aliphatic rings. The Balaban J connectivity index is 1.32. The topological polar surface area (TPSA) is 120 Å². The van der Waals surface area contributed by atoms with E-state index in [4.69, 9.17) is 21.3 Å². The lowest BCUT2D eigenvalue weighted by atomic mass is 9.83. The van der Waals surface area contributed by atoms with Crippen LogP contribution in [0.5, 0.6) is 0 Å². The lowest BCUT2D eigenvalue weighted by Gasteiger charge is -2.42. The predicted molar refractivity (Wildman–Crippen MR) is 166 cm³/mol. The van der Waals surface area contributed by atoms with Crippen LogP contribution in [0.3, 0.4) is 0 Å². The van der Waals surface area contributed by atoms with Gasteiger partial charge < -0.3 is 19.9 Å². The van der Waals surface area contributed by atoms with Gasteiger partial charge in [-0.1, -0.05) is 35.9 Å². The predicted octanol–water partition coefficient (Wildman–Crippen LogP) is 7.23. The van der Waals surface area contributed by atoms with Crippen molar-refractivity contribution in [3.63, 3.8) is 0 Å². The summed E-state index contributed by atoms with van der Waals surface area (Å²) in [5, 5.41) is 15.0. The molecule has 0 aliphatic carbocycles. The van der Waals surface area contributed by atoms with Crippen LogP contribution in [0.25, 0.3) is 32.4 Å². The monoisotopic (exact) mass is 617 g/mol. The normalized spacial score (nSPS) is 15.0. The highest BCUT2D eigenvalue weighted by Gasteiger charge is 2.43. The second kappa shape index (κ2) is 10.8. The summed E-state index contributed by atoms with van der Waals surface area (Å²) in [7, 11) is 0. The number of carbonyl (C=O) groups is 1. The van der Waals surface area contributed by atoms with Crippen molar-refractivity contribution in [2.45, 2.75) is 51.7 Å². The van der Waals surface area contributed by atoms with Crippen LogP contribution >= 0.6 is 22.9 Å². The van der Waals surface area contributed by atoms with Crippen molar-refractivity contribution >= 4 is 56.2 Å². The van der Waals surface area contributed by atoms with E-state index in [2.05, 4.69) is 26.3 Å². The lowest BCUT2D eigenvalue weighted by Crippen LogP contribution is -2.50. The molecule has 2 N–H and O–H groups in total. The minimum Gasteiger partial charge on any atom is -0.438 e. The van der Waals surface area contributed by atoms with Crippen LogP contribution in [-0.2, 0) is 10.3 Å². The highest BCUT2D eigenvalue weighted by atomic mass is 35.5. The average molecular weight is 618 g/mol. The van der Waals surface area contributed by atoms with E-state index >= 15 is 4.39 Å². The van der Waals surface area contributed by atoms with Gasteiger partial charge in [-0.3, -0.25) is 0 Å². The number of amides is 1. The zero-order valence-corrected chi connectivity index (χ0v) is 25.7. The number of alkyl carbamates (subject to hydrolysis) is 1. The van der Waals surface area contributed by atoms with E-state index < -0.39 is 23.1 Å². The number of benzene rings is 2. The number of aromatic amines is 1. The van der Waals surface area contributed by atoms with Gasteiger partial charge >= 0.3 is 6.09 Å². The summed E-state index contributed by atoms with van der Waals surface area (Å²) in [6.07, 6.45) is 1.77. The van der Waals surface area contributed by atoms with Crippen molar-refractivity contribution < 1.29 is 13.9 Å². The van der Waals surface area contributed by atoms with E-state index in [9.17, 15) is 10.1 Å². The molecule has 6 rings (SSSR count). The highest BCUT2D eigenvalue weighted by molar-refractivity contribution is 7.19. The molecule has 1 saturated heterocycles. The van der Waals surface area contributed by atoms with Crippen LogP contribution in [0.1, 0.15) is 49.9 Å². The van der Waals surface area contributed by atoms with Crippen molar-refractivity contribution in [2.24, 2.45) is 0 Å². The summed E-state index contributed by atoms with van der Waals surface area (Å²) in [6.45, 7) is 8.23. The van der Waals surface area contributed by atoms with E-state index in [1.54, 1.807) is 24.4 Å². The van der Waals surface area contributed by atoms with Gasteiger partial charge in [-0.25, -0.2) is 19.2 Å². The van der Waals surface area contributed by atoms with Crippen LogP contribution in [-0.4, -0.2) is 44.7 Å². The maximum Gasteiger partial charge on any atom is 0.408 e. The van der Waals surface area contributed by atoms with Gasteiger partial charge in [0.2, 0.25) is 5.95 Å². The molecular formula is C31H29ClFN7O2S. The van der Waals surface area contributed by atoms with Gasteiger partial charge in [0, 0.05) is 54.4 Å². The number of halogens is 2. The van der Waals surface area contributed by atoms with Crippen molar-refractivity contribution in [3.8, 4) is 17.2 Å². The molecule has 4 heterocycles. The molecule has 0 unspecified atom stereocenters. The number of aryl methyl sites for hydroxylation is 1. The number of rotatable bonds is 4. The lowest BCUT2D eigenvalue weighted by molar-refractivity contribution is -0.0170. The molecule has 5 aromatic rings. The number of H-pyrrole nitrogens is 1. The Kier molecular flexibility index (Phi) is 7.22. The van der Waals surface area contributed by atoms with E-state index in [0.717, 1.165) is 26.4 Å². The third-order valence-corrected chi connectivity index (χ3v) is 9.01. The molecule has 2 aromatic carbocycles. The molecule has 0 atom stereocenters. The molecule has 0 spiro atoms. The fourth-order valence-corrected chi connectivity index (χ4v) is 6.80. The molecule has 1 aliphatic heterocycles. The summed E-state index contributed by atoms with van der Waals surface area (Å²) >= 11 is 8.33. The van der Waals surface area contributed by atoms with Gasteiger partial charge in [0.25, 0.3) is 0 Å². The second-order valence-corrected chi connectivity index (χ2v) is 13.2. The van der Waals surface area contributed by atoms with E-state index in [-0.39, 0.29) is 5.69 Å². The Bertz CT molecular complexity index is 1920. The van der Waals surface area contributed by atoms with Gasteiger partial charge in [0.15, 0.2) is 5.69 Å². The average Bonchev–Trinajstić information content (AvgIpc) is 3.56. The van der Waals surface area contributed by atoms with Crippen LogP contribution in [0, 0.1) is 24.1 Å². The molecule has 0 radical (unpaired) electrons. The summed E-state index contributed by atoms with van der Waals surface area (Å²) in [6, 6.07) is 12.4. The molecule has 1 amide bonds. The highest BCUT2D eigenvalue weighted by Crippen LogP contribution is 2.42. The summed E-state index contributed by atoms with van der Waals surface area (Å²) in [4.78, 5) is 31.9. The maximum atomic E-state index is 15.1. The smallest absolute Gasteiger partial charge is 0.408 e. The molecule has 0 bridgehead atoms. The molecule has 9 nitrogen and oxygen atoms in total. The van der Waals surface area contributed by atoms with Crippen molar-refractivity contribution in [1.29, 1.82) is 5.26 Å². The first-order chi connectivity index (χ1) is 20.5. The van der Waals surface area contributed by atoms with Crippen LogP contribution in [0.2, 0.25) is 5.02 Å². The van der Waals surface area contributed by atoms with Gasteiger partial charge in [0.1, 0.15) is 23.1 Å². The molecular weight excluding hydrogens is 589 g/mol. The molecule has 0 saturated carbocycles. The van der Waals surface area contributed by atoms with Gasteiger partial charge in [-0.05, 0) is 39.8 Å². The number of nitriles is 1. The number of fused-ring (bicyclic) bond motifs is 2. The first-order valence-electron chi connectivity index (χ1n) is 13.8. The molecule has 43 heavy (non-hydrogen) atoms. The largest absolute Gasteiger partial charge is 0.438 e. The fraction of sp³-hybridized carbons (Fsp3) is 0.323. The second-order valence-electron chi connectivity index (χ2n) is 11.6. The quantitative estimate of drug-likeness (QED) is 0.218. The van der Waals surface area contributed by atoms with Crippen LogP contribution in [0.4, 0.5) is 15.1 Å². The minimum absolute atomic E-state index is 0.208. The first kappa shape index (κ1) is 28.8. The van der Waals surface area contributed by atoms with Crippen LogP contribution in [0.15, 0.2) is 42.6 Å². The number of hydrogen-bond acceptors (Lipinski definition) is 8. The Labute approximate surface area is 256 Å². The summed E-state index contributed by atoms with van der Waals surface area (Å²) < 4.78 is 21.9. The summed E-state index contributed by atoms with van der Waals surface area (Å²) in [5.74, 6) is -0.0773. The van der Waals surface area contributed by atoms with Crippen molar-refractivity contribution in [3.05, 3.63) is 69.7 Å². The number of thiazole rings is 1. The Hall–Kier alpha value is -4.27. The number of ether oxygens (including phenoxy) is 1. The Morgan fingerprint density at radius 1 is 1.16 bits per heavy atom. The maximum absolute atomic E-state index is 15.1. The summed E-state index contributed by atoms with van der Waals surface area (Å²) in [5.41, 5.74) is 1.65. The number of anilines is 1. The Morgan fingerprint density at radius 3 is 2.60 bits per heavy atom. The third kappa shape index (κ3) is 5.37. The first-order valence-corrected chi connectivity index (χ1v) is 15.0. The zero-order valence-electron chi connectivity index (χ0n) is 24.1. The molecule has 3 aromatic heterocycles. The van der Waals surface area contributed by atoms with Crippen molar-refractivity contribution in [2.75, 3.05) is 18.0 Å². The Morgan fingerprint density at radius 2 is 1.91 bits per heavy atom. The molecule has 1 fully saturated rings. The third-order valence-electron chi connectivity index (χ3n) is 7.50. The van der Waals surface area contributed by atoms with Crippen LogP contribution < -0.4 is 10.2 Å². The number of aromatic nitrogens is 4. The van der Waals surface area contributed by atoms with Crippen molar-refractivity contribution in [1.82, 2.24) is 25.3 Å². The number of piperidine rings is 1. The number of carbonyl (C=O) groups excluding carboxylic acids is 1. The zero-order chi connectivity index (χ0) is 30.5. The van der Waals surface area contributed by atoms with Gasteiger partial charge in [-0.2, -0.15) is 10.2 Å². The SMILES string of the molecule is Cc1nc2ccc(-c3c[nH]c4nc(N5CCC(OC(=O)NC(C)(C)C)(c6ccccc6F)CC5)nc(C#N)c34)c(Cl)c2s1. The van der Waals surface area contributed by atoms with E-state index in [0.29, 0.717) is 53.5 Å². The minimum atomic E-state index is -1.18. The number of nitrogens with zero attached hydrogens (tertiary/aromatic N) is 5. The van der Waals surface area contributed by atoms with E-state index in [1.165, 1.54) is 17.4 Å². The molecule has 220 valence electrons. The number of hydrogen-bond donors (Lipinski definition) is 2.